The Balaban J connectivity index is 1.40. The van der Waals surface area contributed by atoms with E-state index in [1.54, 1.807) is 45.3 Å². The van der Waals surface area contributed by atoms with Crippen LogP contribution in [0.15, 0.2) is 54.9 Å². The zero-order chi connectivity index (χ0) is 26.2. The standard InChI is InChI=1S/C28H29N5O4/c1-28(2,3)37-27(36)33-16-18-8-5-4-7-17(18)13-21(33)23(35)15-25-31-20-10-6-9-19(26(20)32-25)22(34)14-24-29-11-12-30-24/h4-12,21H,13-16H2,1-3H3,(H,29,30)(H,31,32)/t21-/m0/s1. The maximum atomic E-state index is 13.6. The number of para-hydroxylation sites is 1. The Labute approximate surface area is 214 Å². The number of benzene rings is 2. The van der Waals surface area contributed by atoms with Gasteiger partial charge in [0.15, 0.2) is 11.6 Å². The van der Waals surface area contributed by atoms with Crippen LogP contribution in [0.1, 0.15) is 53.9 Å². The number of H-pyrrole nitrogens is 2. The normalized spacial score (nSPS) is 15.4. The largest absolute Gasteiger partial charge is 0.444 e. The maximum Gasteiger partial charge on any atom is 0.411 e. The molecule has 9 heteroatoms. The number of ether oxygens (including phenoxy) is 1. The van der Waals surface area contributed by atoms with Crippen LogP contribution in [0.4, 0.5) is 4.79 Å². The van der Waals surface area contributed by atoms with E-state index in [9.17, 15) is 14.4 Å². The van der Waals surface area contributed by atoms with Crippen molar-refractivity contribution in [2.24, 2.45) is 0 Å². The van der Waals surface area contributed by atoms with Gasteiger partial charge in [-0.1, -0.05) is 30.3 Å². The number of Topliss-reactive ketones (excluding diaryl/α,β-unsaturated/α-hetero) is 2. The molecule has 0 fully saturated rings. The summed E-state index contributed by atoms with van der Waals surface area (Å²) in [6, 6.07) is 12.5. The minimum atomic E-state index is -0.682. The van der Waals surface area contributed by atoms with E-state index in [0.717, 1.165) is 11.1 Å². The smallest absolute Gasteiger partial charge is 0.411 e. The second-order valence-electron chi connectivity index (χ2n) is 10.3. The number of amides is 1. The zero-order valence-corrected chi connectivity index (χ0v) is 21.1. The van der Waals surface area contributed by atoms with Gasteiger partial charge in [-0.3, -0.25) is 14.5 Å². The molecule has 0 saturated carbocycles. The van der Waals surface area contributed by atoms with E-state index in [0.29, 0.717) is 41.2 Å². The van der Waals surface area contributed by atoms with Gasteiger partial charge in [-0.2, -0.15) is 0 Å². The van der Waals surface area contributed by atoms with Gasteiger partial charge in [-0.25, -0.2) is 14.8 Å². The van der Waals surface area contributed by atoms with Gasteiger partial charge in [-0.15, -0.1) is 0 Å². The molecular formula is C28H29N5O4. The second-order valence-corrected chi connectivity index (χ2v) is 10.3. The Hall–Kier alpha value is -4.27. The lowest BCUT2D eigenvalue weighted by molar-refractivity contribution is -0.124. The van der Waals surface area contributed by atoms with Crippen LogP contribution in [0.3, 0.4) is 0 Å². The summed E-state index contributed by atoms with van der Waals surface area (Å²) in [6.07, 6.45) is 3.28. The summed E-state index contributed by atoms with van der Waals surface area (Å²) in [5.41, 5.74) is 3.01. The second kappa shape index (κ2) is 9.65. The number of nitrogens with zero attached hydrogens (tertiary/aromatic N) is 3. The Morgan fingerprint density at radius 3 is 2.54 bits per heavy atom. The van der Waals surface area contributed by atoms with E-state index in [1.807, 2.05) is 30.3 Å². The van der Waals surface area contributed by atoms with Crippen LogP contribution in [0.2, 0.25) is 0 Å². The number of aromatic amines is 2. The van der Waals surface area contributed by atoms with Crippen molar-refractivity contribution in [2.45, 2.75) is 58.2 Å². The first-order chi connectivity index (χ1) is 17.7. The molecule has 0 saturated heterocycles. The lowest BCUT2D eigenvalue weighted by atomic mass is 9.91. The molecule has 1 aliphatic heterocycles. The Bertz CT molecular complexity index is 1470. The third-order valence-electron chi connectivity index (χ3n) is 6.33. The van der Waals surface area contributed by atoms with Crippen molar-refractivity contribution in [2.75, 3.05) is 0 Å². The van der Waals surface area contributed by atoms with Gasteiger partial charge in [0.2, 0.25) is 0 Å². The van der Waals surface area contributed by atoms with E-state index < -0.39 is 17.7 Å². The Kier molecular flexibility index (Phi) is 6.37. The van der Waals surface area contributed by atoms with Gasteiger partial charge in [0.25, 0.3) is 0 Å². The van der Waals surface area contributed by atoms with Gasteiger partial charge >= 0.3 is 6.09 Å². The number of carbonyl (C=O) groups excluding carboxylic acids is 3. The summed E-state index contributed by atoms with van der Waals surface area (Å²) in [5.74, 6) is 0.752. The SMILES string of the molecule is CC(C)(C)OC(=O)N1Cc2ccccc2C[C@H]1C(=O)Cc1nc2c(C(=O)Cc3ncc[nH]3)cccc2[nH]1. The fourth-order valence-corrected chi connectivity index (χ4v) is 4.64. The van der Waals surface area contributed by atoms with Crippen LogP contribution < -0.4 is 0 Å². The van der Waals surface area contributed by atoms with E-state index in [-0.39, 0.29) is 24.4 Å². The molecule has 2 aromatic carbocycles. The lowest BCUT2D eigenvalue weighted by Gasteiger charge is -2.36. The quantitative estimate of drug-likeness (QED) is 0.384. The van der Waals surface area contributed by atoms with Crippen LogP contribution in [0, 0.1) is 0 Å². The zero-order valence-electron chi connectivity index (χ0n) is 21.1. The van der Waals surface area contributed by atoms with Gasteiger partial charge in [0.1, 0.15) is 17.2 Å². The van der Waals surface area contributed by atoms with Crippen LogP contribution >= 0.6 is 0 Å². The number of fused-ring (bicyclic) bond motifs is 2. The van der Waals surface area contributed by atoms with Gasteiger partial charge in [0.05, 0.1) is 36.5 Å². The number of nitrogens with one attached hydrogen (secondary N) is 2. The molecule has 0 spiro atoms. The summed E-state index contributed by atoms with van der Waals surface area (Å²) in [6.45, 7) is 5.71. The van der Waals surface area contributed by atoms with Crippen molar-refractivity contribution < 1.29 is 19.1 Å². The highest BCUT2D eigenvalue weighted by molar-refractivity contribution is 6.06. The summed E-state index contributed by atoms with van der Waals surface area (Å²) < 4.78 is 5.62. The van der Waals surface area contributed by atoms with Gasteiger partial charge in [0, 0.05) is 24.4 Å². The van der Waals surface area contributed by atoms with E-state index in [4.69, 9.17) is 4.74 Å². The predicted molar refractivity (Wildman–Crippen MR) is 137 cm³/mol. The molecule has 0 aliphatic carbocycles. The van der Waals surface area contributed by atoms with Crippen molar-refractivity contribution in [3.8, 4) is 0 Å². The molecule has 0 radical (unpaired) electrons. The Morgan fingerprint density at radius 2 is 1.81 bits per heavy atom. The van der Waals surface area contributed by atoms with Crippen molar-refractivity contribution in [3.63, 3.8) is 0 Å². The fraction of sp³-hybridized carbons (Fsp3) is 0.321. The first-order valence-corrected chi connectivity index (χ1v) is 12.3. The number of hydrogen-bond donors (Lipinski definition) is 2. The number of carbonyl (C=O) groups is 3. The number of ketones is 2. The number of aromatic nitrogens is 4. The maximum absolute atomic E-state index is 13.6. The van der Waals surface area contributed by atoms with Crippen LogP contribution in [0.25, 0.3) is 11.0 Å². The number of hydrogen-bond acceptors (Lipinski definition) is 6. The highest BCUT2D eigenvalue weighted by Crippen LogP contribution is 2.27. The third kappa shape index (κ3) is 5.30. The minimum Gasteiger partial charge on any atom is -0.444 e. The molecule has 4 aromatic rings. The van der Waals surface area contributed by atoms with Crippen molar-refractivity contribution in [1.29, 1.82) is 0 Å². The van der Waals surface area contributed by atoms with Gasteiger partial charge < -0.3 is 14.7 Å². The van der Waals surface area contributed by atoms with Crippen molar-refractivity contribution in [3.05, 3.63) is 83.2 Å². The number of rotatable bonds is 6. The van der Waals surface area contributed by atoms with Crippen molar-refractivity contribution >= 4 is 28.7 Å². The Morgan fingerprint density at radius 1 is 1.03 bits per heavy atom. The molecule has 0 bridgehead atoms. The summed E-state index contributed by atoms with van der Waals surface area (Å²) >= 11 is 0. The summed E-state index contributed by atoms with van der Waals surface area (Å²) in [5, 5.41) is 0. The highest BCUT2D eigenvalue weighted by atomic mass is 16.6. The summed E-state index contributed by atoms with van der Waals surface area (Å²) in [4.78, 5) is 55.9. The molecule has 190 valence electrons. The average Bonchev–Trinajstić information content (AvgIpc) is 3.51. The molecule has 1 amide bonds. The lowest BCUT2D eigenvalue weighted by Crippen LogP contribution is -2.50. The molecule has 0 unspecified atom stereocenters. The van der Waals surface area contributed by atoms with E-state index in [2.05, 4.69) is 19.9 Å². The van der Waals surface area contributed by atoms with Gasteiger partial charge in [-0.05, 0) is 44.0 Å². The summed E-state index contributed by atoms with van der Waals surface area (Å²) in [7, 11) is 0. The molecule has 1 atom stereocenters. The number of imidazole rings is 2. The molecule has 3 heterocycles. The molecule has 5 rings (SSSR count). The third-order valence-corrected chi connectivity index (χ3v) is 6.33. The van der Waals surface area contributed by atoms with Crippen LogP contribution in [0.5, 0.6) is 0 Å². The predicted octanol–water partition coefficient (Wildman–Crippen LogP) is 4.19. The first-order valence-electron chi connectivity index (χ1n) is 12.3. The molecule has 9 nitrogen and oxygen atoms in total. The molecule has 1 aliphatic rings. The highest BCUT2D eigenvalue weighted by Gasteiger charge is 2.37. The van der Waals surface area contributed by atoms with E-state index >= 15 is 0 Å². The molecule has 2 aromatic heterocycles. The topological polar surface area (TPSA) is 121 Å². The van der Waals surface area contributed by atoms with Crippen molar-refractivity contribution in [1.82, 2.24) is 24.8 Å². The molecular weight excluding hydrogens is 470 g/mol. The fourth-order valence-electron chi connectivity index (χ4n) is 4.64. The monoisotopic (exact) mass is 499 g/mol. The molecule has 37 heavy (non-hydrogen) atoms. The molecule has 2 N–H and O–H groups in total. The van der Waals surface area contributed by atoms with Crippen LogP contribution in [-0.4, -0.2) is 54.1 Å². The van der Waals surface area contributed by atoms with E-state index in [1.165, 1.54) is 4.90 Å². The average molecular weight is 500 g/mol. The minimum absolute atomic E-state index is 0.00732. The first kappa shape index (κ1) is 24.4. The van der Waals surface area contributed by atoms with Crippen LogP contribution in [-0.2, 0) is 35.3 Å².